The number of amides is 1. The largest absolute Gasteiger partial charge is 0.444 e. The molecule has 0 fully saturated rings. The van der Waals surface area contributed by atoms with Crippen LogP contribution in [0.1, 0.15) is 26.3 Å². The van der Waals surface area contributed by atoms with Gasteiger partial charge in [-0.25, -0.2) is 4.79 Å². The van der Waals surface area contributed by atoms with Gasteiger partial charge in [0.1, 0.15) is 5.60 Å². The van der Waals surface area contributed by atoms with Crippen LogP contribution in [-0.2, 0) is 11.2 Å². The molecule has 0 aliphatic carbocycles. The normalized spacial score (nSPS) is 14.4. The number of hydrogen-bond donors (Lipinski definition) is 3. The maximum Gasteiger partial charge on any atom is 0.407 e. The molecule has 21 heavy (non-hydrogen) atoms. The quantitative estimate of drug-likeness (QED) is 0.654. The summed E-state index contributed by atoms with van der Waals surface area (Å²) in [6, 6.07) is 7.42. The van der Waals surface area contributed by atoms with Gasteiger partial charge < -0.3 is 20.9 Å². The van der Waals surface area contributed by atoms with E-state index in [1.165, 1.54) is 0 Å². The second kappa shape index (κ2) is 7.95. The molecule has 5 nitrogen and oxygen atoms in total. The number of ether oxygens (including phenoxy) is 1. The number of nitrogens with one attached hydrogen (secondary N) is 1. The first-order chi connectivity index (χ1) is 9.71. The van der Waals surface area contributed by atoms with Crippen molar-refractivity contribution in [2.45, 2.75) is 44.9 Å². The van der Waals surface area contributed by atoms with E-state index in [9.17, 15) is 9.90 Å². The summed E-state index contributed by atoms with van der Waals surface area (Å²) < 4.78 is 6.35. The van der Waals surface area contributed by atoms with Gasteiger partial charge in [0.05, 0.1) is 12.1 Å². The van der Waals surface area contributed by atoms with E-state index in [0.29, 0.717) is 6.42 Å². The highest BCUT2D eigenvalue weighted by Gasteiger charge is 2.24. The molecule has 0 aliphatic heterocycles. The molecular weight excluding hydrogens is 383 g/mol. The van der Waals surface area contributed by atoms with Crippen LogP contribution in [-0.4, -0.2) is 35.5 Å². The van der Waals surface area contributed by atoms with E-state index >= 15 is 0 Å². The number of aliphatic hydroxyl groups is 1. The highest BCUT2D eigenvalue weighted by molar-refractivity contribution is 14.1. The second-order valence-corrected chi connectivity index (χ2v) is 7.13. The zero-order valence-electron chi connectivity index (χ0n) is 12.6. The number of halogens is 1. The molecule has 0 unspecified atom stereocenters. The topological polar surface area (TPSA) is 84.6 Å². The average molecular weight is 406 g/mol. The fourth-order valence-corrected chi connectivity index (χ4v) is 2.14. The number of alkyl carbamates (subject to hydrolysis) is 1. The Morgan fingerprint density at radius 1 is 1.38 bits per heavy atom. The van der Waals surface area contributed by atoms with Crippen LogP contribution in [0.4, 0.5) is 4.79 Å². The number of nitrogens with two attached hydrogens (primary N) is 1. The minimum atomic E-state index is -0.822. The van der Waals surface area contributed by atoms with Gasteiger partial charge in [0.2, 0.25) is 0 Å². The zero-order chi connectivity index (χ0) is 16.0. The van der Waals surface area contributed by atoms with Crippen molar-refractivity contribution in [3.8, 4) is 0 Å². The minimum absolute atomic E-state index is 0.0742. The third-order valence-electron chi connectivity index (χ3n) is 2.78. The molecule has 6 heteroatoms. The van der Waals surface area contributed by atoms with Crippen LogP contribution in [0.2, 0.25) is 0 Å². The van der Waals surface area contributed by atoms with Gasteiger partial charge in [0.15, 0.2) is 0 Å². The molecule has 1 aromatic carbocycles. The second-order valence-electron chi connectivity index (χ2n) is 5.89. The van der Waals surface area contributed by atoms with Gasteiger partial charge in [0, 0.05) is 10.1 Å². The molecular formula is C15H23IN2O3. The van der Waals surface area contributed by atoms with E-state index in [1.54, 1.807) is 20.8 Å². The monoisotopic (exact) mass is 406 g/mol. The highest BCUT2D eigenvalue weighted by Crippen LogP contribution is 2.12. The smallest absolute Gasteiger partial charge is 0.407 e. The molecule has 0 aromatic heterocycles. The Bertz CT molecular complexity index is 457. The molecule has 1 rings (SSSR count). The fourth-order valence-electron chi connectivity index (χ4n) is 1.78. The Labute approximate surface area is 139 Å². The maximum atomic E-state index is 11.8. The lowest BCUT2D eigenvalue weighted by Gasteiger charge is -2.26. The van der Waals surface area contributed by atoms with E-state index in [2.05, 4.69) is 27.9 Å². The molecule has 0 bridgehead atoms. The standard InChI is InChI=1S/C15H23IN2O3/c1-15(2,3)21-14(20)18-12(13(19)9-17)8-10-4-6-11(16)7-5-10/h4-7,12-13,19H,8-9,17H2,1-3H3,(H,18,20)/t12-,13-/m0/s1. The Morgan fingerprint density at radius 3 is 2.43 bits per heavy atom. The summed E-state index contributed by atoms with van der Waals surface area (Å²) >= 11 is 2.23. The van der Waals surface area contributed by atoms with Gasteiger partial charge in [-0.3, -0.25) is 0 Å². The van der Waals surface area contributed by atoms with Gasteiger partial charge in [-0.1, -0.05) is 12.1 Å². The predicted molar refractivity (Wildman–Crippen MR) is 91.1 cm³/mol. The van der Waals surface area contributed by atoms with E-state index < -0.39 is 23.8 Å². The van der Waals surface area contributed by atoms with Crippen LogP contribution in [0, 0.1) is 3.57 Å². The summed E-state index contributed by atoms with van der Waals surface area (Å²) in [7, 11) is 0. The number of rotatable bonds is 5. The van der Waals surface area contributed by atoms with Crippen LogP contribution in [0.15, 0.2) is 24.3 Å². The summed E-state index contributed by atoms with van der Waals surface area (Å²) in [6.07, 6.45) is -0.878. The number of hydrogen-bond acceptors (Lipinski definition) is 4. The molecule has 2 atom stereocenters. The van der Waals surface area contributed by atoms with Gasteiger partial charge in [0.25, 0.3) is 0 Å². The van der Waals surface area contributed by atoms with Crippen LogP contribution >= 0.6 is 22.6 Å². The van der Waals surface area contributed by atoms with Crippen molar-refractivity contribution < 1.29 is 14.6 Å². The first-order valence-corrected chi connectivity index (χ1v) is 7.91. The predicted octanol–water partition coefficient (Wildman–Crippen LogP) is 2.05. The average Bonchev–Trinajstić information content (AvgIpc) is 2.37. The van der Waals surface area contributed by atoms with Gasteiger partial charge in [-0.05, 0) is 67.5 Å². The lowest BCUT2D eigenvalue weighted by Crippen LogP contribution is -2.49. The zero-order valence-corrected chi connectivity index (χ0v) is 14.8. The van der Waals surface area contributed by atoms with E-state index in [-0.39, 0.29) is 6.54 Å². The Hall–Kier alpha value is -0.860. The molecule has 1 amide bonds. The van der Waals surface area contributed by atoms with Crippen molar-refractivity contribution >= 4 is 28.7 Å². The third-order valence-corrected chi connectivity index (χ3v) is 3.50. The summed E-state index contributed by atoms with van der Waals surface area (Å²) in [5.41, 5.74) is 5.95. The summed E-state index contributed by atoms with van der Waals surface area (Å²) in [5.74, 6) is 0. The summed E-state index contributed by atoms with van der Waals surface area (Å²) in [5, 5.41) is 12.7. The first kappa shape index (κ1) is 18.2. The van der Waals surface area contributed by atoms with Crippen molar-refractivity contribution in [3.63, 3.8) is 0 Å². The van der Waals surface area contributed by atoms with Crippen LogP contribution in [0.5, 0.6) is 0 Å². The van der Waals surface area contributed by atoms with Gasteiger partial charge in [-0.15, -0.1) is 0 Å². The highest BCUT2D eigenvalue weighted by atomic mass is 127. The number of aliphatic hydroxyl groups excluding tert-OH is 1. The SMILES string of the molecule is CC(C)(C)OC(=O)N[C@@H](Cc1ccc(I)cc1)[C@@H](O)CN. The number of carbonyl (C=O) groups excluding carboxylic acids is 1. The first-order valence-electron chi connectivity index (χ1n) is 6.83. The summed E-state index contributed by atoms with van der Waals surface area (Å²) in [4.78, 5) is 11.8. The van der Waals surface area contributed by atoms with Gasteiger partial charge >= 0.3 is 6.09 Å². The Balaban J connectivity index is 2.72. The van der Waals surface area contributed by atoms with Crippen molar-refractivity contribution in [1.82, 2.24) is 5.32 Å². The Morgan fingerprint density at radius 2 is 1.95 bits per heavy atom. The number of benzene rings is 1. The minimum Gasteiger partial charge on any atom is -0.444 e. The molecule has 0 spiro atoms. The Kier molecular flexibility index (Phi) is 6.89. The molecule has 4 N–H and O–H groups in total. The van der Waals surface area contributed by atoms with Crippen molar-refractivity contribution in [2.24, 2.45) is 5.73 Å². The van der Waals surface area contributed by atoms with E-state index in [1.807, 2.05) is 24.3 Å². The van der Waals surface area contributed by atoms with Crippen LogP contribution < -0.4 is 11.1 Å². The lowest BCUT2D eigenvalue weighted by molar-refractivity contribution is 0.0430. The van der Waals surface area contributed by atoms with E-state index in [0.717, 1.165) is 9.13 Å². The molecule has 1 aromatic rings. The molecule has 0 heterocycles. The molecule has 118 valence electrons. The van der Waals surface area contributed by atoms with Crippen molar-refractivity contribution in [3.05, 3.63) is 33.4 Å². The molecule has 0 aliphatic rings. The maximum absolute atomic E-state index is 11.8. The van der Waals surface area contributed by atoms with E-state index in [4.69, 9.17) is 10.5 Å². The van der Waals surface area contributed by atoms with Crippen molar-refractivity contribution in [1.29, 1.82) is 0 Å². The molecule has 0 saturated heterocycles. The van der Waals surface area contributed by atoms with Gasteiger partial charge in [-0.2, -0.15) is 0 Å². The third kappa shape index (κ3) is 7.10. The number of carbonyl (C=O) groups is 1. The lowest BCUT2D eigenvalue weighted by atomic mass is 10.0. The van der Waals surface area contributed by atoms with Crippen LogP contribution in [0.25, 0.3) is 0 Å². The summed E-state index contributed by atoms with van der Waals surface area (Å²) in [6.45, 7) is 5.45. The fraction of sp³-hybridized carbons (Fsp3) is 0.533. The van der Waals surface area contributed by atoms with Crippen LogP contribution in [0.3, 0.4) is 0 Å². The molecule has 0 saturated carbocycles. The van der Waals surface area contributed by atoms with Crippen molar-refractivity contribution in [2.75, 3.05) is 6.54 Å². The molecule has 0 radical (unpaired) electrons.